The molecule has 0 spiro atoms. The Labute approximate surface area is 190 Å². The number of hydrogen-bond donors (Lipinski definition) is 2. The van der Waals surface area contributed by atoms with Gasteiger partial charge in [-0.1, -0.05) is 6.07 Å². The van der Waals surface area contributed by atoms with Crippen molar-refractivity contribution < 1.29 is 19.0 Å². The molecule has 1 aromatic heterocycles. The zero-order valence-corrected chi connectivity index (χ0v) is 18.2. The van der Waals surface area contributed by atoms with Crippen LogP contribution in [0.25, 0.3) is 16.9 Å². The van der Waals surface area contributed by atoms with Crippen molar-refractivity contribution in [1.29, 1.82) is 5.26 Å². The number of rotatable bonds is 6. The Morgan fingerprint density at radius 1 is 1.24 bits per heavy atom. The van der Waals surface area contributed by atoms with Gasteiger partial charge in [0.15, 0.2) is 0 Å². The van der Waals surface area contributed by atoms with Crippen LogP contribution in [0.2, 0.25) is 0 Å². The summed E-state index contributed by atoms with van der Waals surface area (Å²) >= 11 is 0. The third-order valence-corrected chi connectivity index (χ3v) is 5.87. The van der Waals surface area contributed by atoms with Gasteiger partial charge in [-0.25, -0.2) is 13.9 Å². The van der Waals surface area contributed by atoms with Gasteiger partial charge in [-0.2, -0.15) is 5.26 Å². The van der Waals surface area contributed by atoms with Crippen LogP contribution in [0.4, 0.5) is 15.0 Å². The molecule has 1 amide bonds. The molecule has 0 saturated carbocycles. The highest BCUT2D eigenvalue weighted by atomic mass is 19.1. The average molecular weight is 449 g/mol. The molecule has 0 atom stereocenters. The molecule has 4 rings (SSSR count). The minimum atomic E-state index is -0.876. The highest BCUT2D eigenvalue weighted by Gasteiger charge is 2.22. The lowest BCUT2D eigenvalue weighted by Crippen LogP contribution is -2.39. The molecule has 1 aliphatic rings. The van der Waals surface area contributed by atoms with Gasteiger partial charge in [0.2, 0.25) is 0 Å². The van der Waals surface area contributed by atoms with Crippen LogP contribution in [-0.2, 0) is 0 Å². The number of nitrogens with zero attached hydrogens (tertiary/aromatic N) is 4. The van der Waals surface area contributed by atoms with Crippen molar-refractivity contribution in [2.24, 2.45) is 5.92 Å². The van der Waals surface area contributed by atoms with Crippen molar-refractivity contribution in [1.82, 2.24) is 14.7 Å². The standard InChI is InChI=1S/C24H24FN5O3/c1-33-20-6-4-19(5-7-20)30-22(17-2-3-18(14-26)21(25)12-17)13-23(28-30)27-15-16-8-10-29(11-9-16)24(31)32/h2-7,12-13,16H,8-11,15H2,1H3,(H,27,28)(H,31,32). The molecule has 170 valence electrons. The Kier molecular flexibility index (Phi) is 6.45. The van der Waals surface area contributed by atoms with Crippen LogP contribution >= 0.6 is 0 Å². The SMILES string of the molecule is COc1ccc(-n2nc(NCC3CCN(C(=O)O)CC3)cc2-c2ccc(C#N)c(F)c2)cc1. The summed E-state index contributed by atoms with van der Waals surface area (Å²) in [6.07, 6.45) is 0.692. The number of likely N-dealkylation sites (tertiary alicyclic amines) is 1. The molecular formula is C24H24FN5O3. The molecule has 2 heterocycles. The quantitative estimate of drug-likeness (QED) is 0.580. The molecule has 2 aromatic carbocycles. The van der Waals surface area contributed by atoms with E-state index < -0.39 is 11.9 Å². The highest BCUT2D eigenvalue weighted by Crippen LogP contribution is 2.29. The van der Waals surface area contributed by atoms with Crippen molar-refractivity contribution in [3.05, 3.63) is 59.9 Å². The topological polar surface area (TPSA) is 103 Å². The molecule has 8 nitrogen and oxygen atoms in total. The number of piperidine rings is 1. The smallest absolute Gasteiger partial charge is 0.407 e. The summed E-state index contributed by atoms with van der Waals surface area (Å²) < 4.78 is 21.3. The number of carbonyl (C=O) groups is 1. The van der Waals surface area contributed by atoms with Gasteiger partial charge in [0.25, 0.3) is 0 Å². The molecule has 0 bridgehead atoms. The number of hydrogen-bond acceptors (Lipinski definition) is 5. The average Bonchev–Trinajstić information content (AvgIpc) is 3.27. The van der Waals surface area contributed by atoms with Crippen LogP contribution in [0.3, 0.4) is 0 Å². The second kappa shape index (κ2) is 9.61. The Balaban J connectivity index is 1.59. The van der Waals surface area contributed by atoms with Crippen molar-refractivity contribution in [2.45, 2.75) is 12.8 Å². The van der Waals surface area contributed by atoms with Gasteiger partial charge in [0.1, 0.15) is 23.5 Å². The molecule has 1 saturated heterocycles. The van der Waals surface area contributed by atoms with E-state index in [4.69, 9.17) is 15.1 Å². The summed E-state index contributed by atoms with van der Waals surface area (Å²) in [7, 11) is 1.59. The summed E-state index contributed by atoms with van der Waals surface area (Å²) in [6, 6.07) is 15.5. The Morgan fingerprint density at radius 3 is 2.58 bits per heavy atom. The normalized spacial score (nSPS) is 14.0. The first kappa shape index (κ1) is 22.1. The van der Waals surface area contributed by atoms with Crippen LogP contribution in [0.1, 0.15) is 18.4 Å². The lowest BCUT2D eigenvalue weighted by atomic mass is 9.97. The maximum absolute atomic E-state index is 14.3. The van der Waals surface area contributed by atoms with Gasteiger partial charge in [-0.15, -0.1) is 5.10 Å². The number of methoxy groups -OCH3 is 1. The number of benzene rings is 2. The van der Waals surface area contributed by atoms with Crippen LogP contribution in [0, 0.1) is 23.1 Å². The Hall–Kier alpha value is -4.06. The predicted octanol–water partition coefficient (Wildman–Crippen LogP) is 4.36. The molecule has 0 unspecified atom stereocenters. The van der Waals surface area contributed by atoms with Crippen LogP contribution in [0.15, 0.2) is 48.5 Å². The zero-order valence-electron chi connectivity index (χ0n) is 18.2. The van der Waals surface area contributed by atoms with Gasteiger partial charge >= 0.3 is 6.09 Å². The van der Waals surface area contributed by atoms with E-state index in [1.807, 2.05) is 36.4 Å². The fourth-order valence-corrected chi connectivity index (χ4v) is 3.94. The Bertz CT molecular complexity index is 1180. The van der Waals surface area contributed by atoms with E-state index in [0.717, 1.165) is 18.5 Å². The molecule has 1 fully saturated rings. The van der Waals surface area contributed by atoms with E-state index in [1.54, 1.807) is 17.9 Å². The lowest BCUT2D eigenvalue weighted by molar-refractivity contribution is 0.126. The van der Waals surface area contributed by atoms with Gasteiger partial charge in [0.05, 0.1) is 24.1 Å². The maximum atomic E-state index is 14.3. The second-order valence-electron chi connectivity index (χ2n) is 7.92. The molecule has 9 heteroatoms. The Morgan fingerprint density at radius 2 is 1.97 bits per heavy atom. The van der Waals surface area contributed by atoms with Gasteiger partial charge in [0, 0.05) is 31.3 Å². The van der Waals surface area contributed by atoms with Crippen molar-refractivity contribution in [3.8, 4) is 28.8 Å². The molecule has 1 aliphatic heterocycles. The summed E-state index contributed by atoms with van der Waals surface area (Å²) in [6.45, 7) is 1.71. The number of amides is 1. The van der Waals surface area contributed by atoms with Gasteiger partial charge < -0.3 is 20.1 Å². The van der Waals surface area contributed by atoms with E-state index in [-0.39, 0.29) is 5.56 Å². The predicted molar refractivity (Wildman–Crippen MR) is 121 cm³/mol. The number of nitrogens with one attached hydrogen (secondary N) is 1. The second-order valence-corrected chi connectivity index (χ2v) is 7.92. The third kappa shape index (κ3) is 4.90. The summed E-state index contributed by atoms with van der Waals surface area (Å²) in [5.74, 6) is 1.09. The van der Waals surface area contributed by atoms with Crippen LogP contribution in [0.5, 0.6) is 5.75 Å². The number of ether oxygens (including phenoxy) is 1. The van der Waals surface area contributed by atoms with E-state index >= 15 is 0 Å². The number of halogens is 1. The zero-order chi connectivity index (χ0) is 23.4. The summed E-state index contributed by atoms with van der Waals surface area (Å²) in [5, 5.41) is 26.2. The highest BCUT2D eigenvalue weighted by molar-refractivity contribution is 5.67. The van der Waals surface area contributed by atoms with E-state index in [2.05, 4.69) is 10.4 Å². The maximum Gasteiger partial charge on any atom is 0.407 e. The fraction of sp³-hybridized carbons (Fsp3) is 0.292. The van der Waals surface area contributed by atoms with E-state index in [1.165, 1.54) is 17.0 Å². The van der Waals surface area contributed by atoms with E-state index in [9.17, 15) is 9.18 Å². The third-order valence-electron chi connectivity index (χ3n) is 5.87. The largest absolute Gasteiger partial charge is 0.497 e. The fourth-order valence-electron chi connectivity index (χ4n) is 3.94. The minimum Gasteiger partial charge on any atom is -0.497 e. The number of aromatic nitrogens is 2. The van der Waals surface area contributed by atoms with Crippen molar-refractivity contribution in [3.63, 3.8) is 0 Å². The number of anilines is 1. The van der Waals surface area contributed by atoms with Gasteiger partial charge in [-0.05, 0) is 55.2 Å². The van der Waals surface area contributed by atoms with Crippen molar-refractivity contribution >= 4 is 11.9 Å². The van der Waals surface area contributed by atoms with E-state index in [0.29, 0.717) is 48.4 Å². The summed E-state index contributed by atoms with van der Waals surface area (Å²) in [5.41, 5.74) is 2.03. The van der Waals surface area contributed by atoms with Crippen molar-refractivity contribution in [2.75, 3.05) is 32.1 Å². The molecule has 33 heavy (non-hydrogen) atoms. The molecule has 0 aliphatic carbocycles. The number of nitriles is 1. The summed E-state index contributed by atoms with van der Waals surface area (Å²) in [4.78, 5) is 12.5. The van der Waals surface area contributed by atoms with Crippen LogP contribution in [-0.4, -0.2) is 52.6 Å². The first-order chi connectivity index (χ1) is 16.0. The van der Waals surface area contributed by atoms with Gasteiger partial charge in [-0.3, -0.25) is 0 Å². The molecular weight excluding hydrogens is 425 g/mol. The molecule has 3 aromatic rings. The lowest BCUT2D eigenvalue weighted by Gasteiger charge is -2.29. The first-order valence-electron chi connectivity index (χ1n) is 10.6. The molecule has 0 radical (unpaired) electrons. The monoisotopic (exact) mass is 449 g/mol. The number of carboxylic acid groups (broad SMARTS) is 1. The minimum absolute atomic E-state index is 0.0136. The first-order valence-corrected chi connectivity index (χ1v) is 10.6. The van der Waals surface area contributed by atoms with Crippen LogP contribution < -0.4 is 10.1 Å². The molecule has 2 N–H and O–H groups in total.